The zero-order valence-corrected chi connectivity index (χ0v) is 18.5. The molecule has 0 bridgehead atoms. The summed E-state index contributed by atoms with van der Waals surface area (Å²) in [6, 6.07) is 14.3. The van der Waals surface area contributed by atoms with Crippen molar-refractivity contribution >= 4 is 33.9 Å². The summed E-state index contributed by atoms with van der Waals surface area (Å²) in [5.41, 5.74) is 0.820. The van der Waals surface area contributed by atoms with Crippen molar-refractivity contribution in [3.63, 3.8) is 0 Å². The summed E-state index contributed by atoms with van der Waals surface area (Å²) in [6.07, 6.45) is 1.26. The van der Waals surface area contributed by atoms with Crippen LogP contribution in [0, 0.1) is 0 Å². The lowest BCUT2D eigenvalue weighted by atomic mass is 10.1. The smallest absolute Gasteiger partial charge is 0.408 e. The summed E-state index contributed by atoms with van der Waals surface area (Å²) in [7, 11) is 0. The highest BCUT2D eigenvalue weighted by molar-refractivity contribution is 5.87. The Hall–Kier alpha value is -4.07. The maximum Gasteiger partial charge on any atom is 0.408 e. The summed E-state index contributed by atoms with van der Waals surface area (Å²) in [4.78, 5) is 40.2. The largest absolute Gasteiger partial charge is 0.444 e. The molecule has 2 N–H and O–H groups in total. The molecule has 0 aliphatic heterocycles. The van der Waals surface area contributed by atoms with Gasteiger partial charge in [0.05, 0.1) is 0 Å². The van der Waals surface area contributed by atoms with Gasteiger partial charge in [0.2, 0.25) is 0 Å². The molecule has 1 atom stereocenters. The fourth-order valence-corrected chi connectivity index (χ4v) is 3.46. The van der Waals surface area contributed by atoms with Crippen molar-refractivity contribution in [3.05, 3.63) is 76.8 Å². The SMILES string of the molecule is CC(C)(C)OC(=O)NC(Cc1c[nH]c2ccccc12)C(=O)Oc1ccc2ccc(=O)oc2c1. The number of H-pyrrole nitrogens is 1. The van der Waals surface area contributed by atoms with Crippen molar-refractivity contribution in [2.75, 3.05) is 0 Å². The van der Waals surface area contributed by atoms with Crippen molar-refractivity contribution in [1.29, 1.82) is 0 Å². The van der Waals surface area contributed by atoms with Crippen molar-refractivity contribution in [2.24, 2.45) is 0 Å². The van der Waals surface area contributed by atoms with E-state index in [2.05, 4.69) is 10.3 Å². The van der Waals surface area contributed by atoms with Crippen LogP contribution in [0.2, 0.25) is 0 Å². The minimum Gasteiger partial charge on any atom is -0.444 e. The number of esters is 1. The van der Waals surface area contributed by atoms with Crippen molar-refractivity contribution in [2.45, 2.75) is 38.8 Å². The first-order valence-corrected chi connectivity index (χ1v) is 10.5. The van der Waals surface area contributed by atoms with Gasteiger partial charge in [-0.25, -0.2) is 14.4 Å². The van der Waals surface area contributed by atoms with Crippen molar-refractivity contribution in [3.8, 4) is 5.75 Å². The number of aromatic amines is 1. The first kappa shape index (κ1) is 22.1. The van der Waals surface area contributed by atoms with Crippen LogP contribution in [0.25, 0.3) is 21.9 Å². The zero-order valence-electron chi connectivity index (χ0n) is 18.5. The van der Waals surface area contributed by atoms with Crippen LogP contribution in [0.4, 0.5) is 4.79 Å². The lowest BCUT2D eigenvalue weighted by Crippen LogP contribution is -2.46. The summed E-state index contributed by atoms with van der Waals surface area (Å²) in [5, 5.41) is 4.25. The molecule has 0 saturated heterocycles. The summed E-state index contributed by atoms with van der Waals surface area (Å²) in [6.45, 7) is 5.22. The molecule has 4 rings (SSSR count). The van der Waals surface area contributed by atoms with Crippen LogP contribution in [-0.2, 0) is 16.0 Å². The minimum absolute atomic E-state index is 0.185. The highest BCUT2D eigenvalue weighted by Crippen LogP contribution is 2.22. The van der Waals surface area contributed by atoms with Crippen molar-refractivity contribution in [1.82, 2.24) is 10.3 Å². The van der Waals surface area contributed by atoms with Gasteiger partial charge in [-0.3, -0.25) is 0 Å². The summed E-state index contributed by atoms with van der Waals surface area (Å²) in [5.74, 6) is -0.486. The number of fused-ring (bicyclic) bond motifs is 2. The third-order valence-electron chi connectivity index (χ3n) is 4.89. The standard InChI is InChI=1S/C25H24N2O6/c1-25(2,3)33-24(30)27-20(12-16-14-26-19-7-5-4-6-18(16)19)23(29)31-17-10-8-15-9-11-22(28)32-21(15)13-17/h4-11,13-14,20,26H,12H2,1-3H3,(H,27,30). The number of carbonyl (C=O) groups is 2. The van der Waals surface area contributed by atoms with Gasteiger partial charge in [0.15, 0.2) is 0 Å². The second-order valence-electron chi connectivity index (χ2n) is 8.64. The Morgan fingerprint density at radius 3 is 2.64 bits per heavy atom. The molecule has 2 heterocycles. The molecular weight excluding hydrogens is 424 g/mol. The molecule has 2 aromatic carbocycles. The van der Waals surface area contributed by atoms with Gasteiger partial charge in [0.1, 0.15) is 23.0 Å². The van der Waals surface area contributed by atoms with Gasteiger partial charge in [0, 0.05) is 41.0 Å². The Morgan fingerprint density at radius 1 is 1.09 bits per heavy atom. The van der Waals surface area contributed by atoms with Crippen LogP contribution in [0.15, 0.2) is 70.0 Å². The third kappa shape index (κ3) is 5.41. The average Bonchev–Trinajstić information content (AvgIpc) is 3.14. The first-order valence-electron chi connectivity index (χ1n) is 10.5. The van der Waals surface area contributed by atoms with Gasteiger partial charge >= 0.3 is 17.7 Å². The Balaban J connectivity index is 1.59. The Kier molecular flexibility index (Phi) is 5.91. The average molecular weight is 448 g/mol. The number of alkyl carbamates (subject to hydrolysis) is 1. The fraction of sp³-hybridized carbons (Fsp3) is 0.240. The van der Waals surface area contributed by atoms with Crippen LogP contribution >= 0.6 is 0 Å². The third-order valence-corrected chi connectivity index (χ3v) is 4.89. The van der Waals surface area contributed by atoms with E-state index >= 15 is 0 Å². The van der Waals surface area contributed by atoms with E-state index in [1.807, 2.05) is 24.3 Å². The number of aromatic nitrogens is 1. The number of benzene rings is 2. The van der Waals surface area contributed by atoms with Gasteiger partial charge in [-0.2, -0.15) is 0 Å². The minimum atomic E-state index is -1.02. The lowest BCUT2D eigenvalue weighted by molar-refractivity contribution is -0.136. The zero-order chi connectivity index (χ0) is 23.6. The topological polar surface area (TPSA) is 111 Å². The quantitative estimate of drug-likeness (QED) is 0.267. The Bertz CT molecular complexity index is 1380. The number of hydrogen-bond acceptors (Lipinski definition) is 6. The molecule has 0 radical (unpaired) electrons. The Labute approximate surface area is 189 Å². The number of amides is 1. The molecule has 1 amide bonds. The Morgan fingerprint density at radius 2 is 1.85 bits per heavy atom. The van der Waals surface area contributed by atoms with E-state index < -0.39 is 29.3 Å². The van der Waals surface area contributed by atoms with Gasteiger partial charge < -0.3 is 24.2 Å². The second kappa shape index (κ2) is 8.82. The number of rotatable bonds is 5. The molecule has 2 aromatic heterocycles. The van der Waals surface area contributed by atoms with Crippen LogP contribution in [0.3, 0.4) is 0 Å². The molecule has 0 aliphatic carbocycles. The number of ether oxygens (including phenoxy) is 2. The van der Waals surface area contributed by atoms with Gasteiger partial charge in [-0.1, -0.05) is 18.2 Å². The molecule has 0 fully saturated rings. The van der Waals surface area contributed by atoms with Crippen LogP contribution in [0.1, 0.15) is 26.3 Å². The molecule has 4 aromatic rings. The van der Waals surface area contributed by atoms with E-state index in [0.717, 1.165) is 16.5 Å². The molecule has 8 nitrogen and oxygen atoms in total. The van der Waals surface area contributed by atoms with Gasteiger partial charge in [0.25, 0.3) is 0 Å². The molecule has 170 valence electrons. The molecule has 8 heteroatoms. The predicted octanol–water partition coefficient (Wildman–Crippen LogP) is 4.32. The van der Waals surface area contributed by atoms with Gasteiger partial charge in [-0.05, 0) is 50.6 Å². The maximum atomic E-state index is 13.1. The van der Waals surface area contributed by atoms with E-state index in [9.17, 15) is 14.4 Å². The molecule has 1 unspecified atom stereocenters. The van der Waals surface area contributed by atoms with E-state index in [-0.39, 0.29) is 12.2 Å². The molecule has 0 saturated carbocycles. The molecular formula is C25H24N2O6. The summed E-state index contributed by atoms with van der Waals surface area (Å²) >= 11 is 0. The van der Waals surface area contributed by atoms with E-state index in [1.54, 1.807) is 45.2 Å². The van der Waals surface area contributed by atoms with Crippen molar-refractivity contribution < 1.29 is 23.5 Å². The summed E-state index contributed by atoms with van der Waals surface area (Å²) < 4.78 is 16.0. The van der Waals surface area contributed by atoms with Crippen LogP contribution in [-0.4, -0.2) is 28.7 Å². The van der Waals surface area contributed by atoms with Gasteiger partial charge in [-0.15, -0.1) is 0 Å². The van der Waals surface area contributed by atoms with E-state index in [1.165, 1.54) is 12.1 Å². The fourth-order valence-electron chi connectivity index (χ4n) is 3.46. The highest BCUT2D eigenvalue weighted by atomic mass is 16.6. The highest BCUT2D eigenvalue weighted by Gasteiger charge is 2.27. The van der Waals surface area contributed by atoms with Crippen LogP contribution < -0.4 is 15.7 Å². The molecule has 33 heavy (non-hydrogen) atoms. The first-order chi connectivity index (χ1) is 15.7. The number of para-hydroxylation sites is 1. The normalized spacial score (nSPS) is 12.5. The number of hydrogen-bond donors (Lipinski definition) is 2. The predicted molar refractivity (Wildman–Crippen MR) is 123 cm³/mol. The molecule has 0 aliphatic rings. The second-order valence-corrected chi connectivity index (χ2v) is 8.64. The molecule has 0 spiro atoms. The number of carbonyl (C=O) groups excluding carboxylic acids is 2. The maximum absolute atomic E-state index is 13.1. The lowest BCUT2D eigenvalue weighted by Gasteiger charge is -2.23. The van der Waals surface area contributed by atoms with E-state index in [4.69, 9.17) is 13.9 Å². The van der Waals surface area contributed by atoms with E-state index in [0.29, 0.717) is 11.0 Å². The van der Waals surface area contributed by atoms with Crippen LogP contribution in [0.5, 0.6) is 5.75 Å². The number of nitrogens with one attached hydrogen (secondary N) is 2. The monoisotopic (exact) mass is 448 g/mol.